The van der Waals surface area contributed by atoms with Gasteiger partial charge in [-0.2, -0.15) is 0 Å². The lowest BCUT2D eigenvalue weighted by atomic mass is 9.63. The first kappa shape index (κ1) is 9.22. The summed E-state index contributed by atoms with van der Waals surface area (Å²) in [7, 11) is 0. The summed E-state index contributed by atoms with van der Waals surface area (Å²) in [6.45, 7) is 3.73. The topological polar surface area (TPSA) is 29.3 Å². The lowest BCUT2D eigenvalue weighted by molar-refractivity contribution is -0.0645. The van der Waals surface area contributed by atoms with Crippen LogP contribution in [0.15, 0.2) is 24.3 Å². The molecule has 80 valence electrons. The average Bonchev–Trinajstić information content (AvgIpc) is 2.10. The Morgan fingerprint density at radius 3 is 2.33 bits per heavy atom. The van der Waals surface area contributed by atoms with E-state index in [0.717, 1.165) is 17.6 Å². The van der Waals surface area contributed by atoms with Crippen molar-refractivity contribution >= 4 is 5.69 Å². The zero-order chi connectivity index (χ0) is 10.3. The van der Waals surface area contributed by atoms with Gasteiger partial charge in [0.15, 0.2) is 0 Å². The summed E-state index contributed by atoms with van der Waals surface area (Å²) in [5.41, 5.74) is 8.65. The number of nitrogen functional groups attached to an aromatic ring is 1. The molecule has 1 saturated heterocycles. The van der Waals surface area contributed by atoms with Crippen LogP contribution in [0.5, 0.6) is 0 Å². The molecule has 2 fully saturated rings. The van der Waals surface area contributed by atoms with Crippen molar-refractivity contribution in [1.82, 2.24) is 4.90 Å². The Labute approximate surface area is 91.1 Å². The highest BCUT2D eigenvalue weighted by molar-refractivity contribution is 5.39. The lowest BCUT2D eigenvalue weighted by Gasteiger charge is -2.56. The van der Waals surface area contributed by atoms with Crippen molar-refractivity contribution < 1.29 is 0 Å². The number of hydrogen-bond acceptors (Lipinski definition) is 2. The summed E-state index contributed by atoms with van der Waals surface area (Å²) in [4.78, 5) is 2.55. The molecule has 2 nitrogen and oxygen atoms in total. The summed E-state index contributed by atoms with van der Waals surface area (Å²) in [5.74, 6) is 0. The smallest absolute Gasteiger partial charge is 0.0314 e. The first-order chi connectivity index (χ1) is 7.26. The molecule has 1 spiro atoms. The van der Waals surface area contributed by atoms with E-state index in [2.05, 4.69) is 17.0 Å². The minimum Gasteiger partial charge on any atom is -0.399 e. The molecule has 15 heavy (non-hydrogen) atoms. The van der Waals surface area contributed by atoms with Gasteiger partial charge in [-0.1, -0.05) is 18.6 Å². The van der Waals surface area contributed by atoms with Crippen molar-refractivity contribution in [2.45, 2.75) is 25.8 Å². The van der Waals surface area contributed by atoms with Crippen molar-refractivity contribution in [3.63, 3.8) is 0 Å². The summed E-state index contributed by atoms with van der Waals surface area (Å²) >= 11 is 0. The number of nitrogens with zero attached hydrogens (tertiary/aromatic N) is 1. The van der Waals surface area contributed by atoms with Gasteiger partial charge in [0.25, 0.3) is 0 Å². The van der Waals surface area contributed by atoms with Crippen molar-refractivity contribution in [3.8, 4) is 0 Å². The van der Waals surface area contributed by atoms with Crippen molar-refractivity contribution in [2.75, 3.05) is 18.8 Å². The van der Waals surface area contributed by atoms with E-state index >= 15 is 0 Å². The maximum absolute atomic E-state index is 5.66. The molecule has 0 aromatic heterocycles. The highest BCUT2D eigenvalue weighted by atomic mass is 15.2. The quantitative estimate of drug-likeness (QED) is 0.745. The summed E-state index contributed by atoms with van der Waals surface area (Å²) in [6, 6.07) is 8.27. The van der Waals surface area contributed by atoms with Gasteiger partial charge in [0, 0.05) is 25.3 Å². The third-order valence-electron chi connectivity index (χ3n) is 3.92. The molecule has 0 amide bonds. The summed E-state index contributed by atoms with van der Waals surface area (Å²) in [6.07, 6.45) is 4.38. The third kappa shape index (κ3) is 1.63. The van der Waals surface area contributed by atoms with E-state index in [4.69, 9.17) is 5.73 Å². The third-order valence-corrected chi connectivity index (χ3v) is 3.92. The predicted octanol–water partition coefficient (Wildman–Crippen LogP) is 2.25. The van der Waals surface area contributed by atoms with Crippen LogP contribution in [0.1, 0.15) is 24.8 Å². The van der Waals surface area contributed by atoms with Gasteiger partial charge in [0.2, 0.25) is 0 Å². The van der Waals surface area contributed by atoms with Gasteiger partial charge in [-0.3, -0.25) is 4.90 Å². The van der Waals surface area contributed by atoms with Gasteiger partial charge in [-0.25, -0.2) is 0 Å². The molecular weight excluding hydrogens is 184 g/mol. The average molecular weight is 202 g/mol. The predicted molar refractivity (Wildman–Crippen MR) is 62.4 cm³/mol. The Morgan fingerprint density at radius 2 is 1.80 bits per heavy atom. The van der Waals surface area contributed by atoms with Crippen LogP contribution in [0, 0.1) is 5.41 Å². The largest absolute Gasteiger partial charge is 0.399 e. The summed E-state index contributed by atoms with van der Waals surface area (Å²) < 4.78 is 0. The minimum absolute atomic E-state index is 0.744. The SMILES string of the molecule is Nc1ccc(CN2CC3(CCC3)C2)cc1. The molecule has 1 aliphatic heterocycles. The molecule has 1 heterocycles. The zero-order valence-electron chi connectivity index (χ0n) is 9.08. The standard InChI is InChI=1S/C13H18N2/c14-12-4-2-11(3-5-12)8-15-9-13(10-15)6-1-7-13/h2-5H,1,6-10,14H2. The maximum Gasteiger partial charge on any atom is 0.0314 e. The maximum atomic E-state index is 5.66. The second kappa shape index (κ2) is 3.24. The van der Waals surface area contributed by atoms with Gasteiger partial charge in [-0.15, -0.1) is 0 Å². The van der Waals surface area contributed by atoms with E-state index in [1.165, 1.54) is 37.9 Å². The van der Waals surface area contributed by atoms with E-state index in [1.54, 1.807) is 0 Å². The lowest BCUT2D eigenvalue weighted by Crippen LogP contribution is -2.58. The van der Waals surface area contributed by atoms with E-state index in [0.29, 0.717) is 0 Å². The molecule has 1 saturated carbocycles. The van der Waals surface area contributed by atoms with Crippen molar-refractivity contribution in [3.05, 3.63) is 29.8 Å². The van der Waals surface area contributed by atoms with Crippen molar-refractivity contribution in [2.24, 2.45) is 5.41 Å². The molecule has 2 aliphatic rings. The molecule has 2 N–H and O–H groups in total. The number of likely N-dealkylation sites (tertiary alicyclic amines) is 1. The molecule has 2 heteroatoms. The molecule has 1 aliphatic carbocycles. The number of nitrogens with two attached hydrogens (primary N) is 1. The Morgan fingerprint density at radius 1 is 1.13 bits per heavy atom. The van der Waals surface area contributed by atoms with E-state index < -0.39 is 0 Å². The van der Waals surface area contributed by atoms with Crippen LogP contribution < -0.4 is 5.73 Å². The fourth-order valence-electron chi connectivity index (χ4n) is 2.89. The molecule has 0 atom stereocenters. The number of anilines is 1. The van der Waals surface area contributed by atoms with Crippen LogP contribution in [-0.2, 0) is 6.54 Å². The molecule has 0 unspecified atom stereocenters. The van der Waals surface area contributed by atoms with Crippen LogP contribution in [0.25, 0.3) is 0 Å². The highest BCUT2D eigenvalue weighted by Gasteiger charge is 2.46. The van der Waals surface area contributed by atoms with Crippen LogP contribution in [-0.4, -0.2) is 18.0 Å². The number of rotatable bonds is 2. The monoisotopic (exact) mass is 202 g/mol. The van der Waals surface area contributed by atoms with Gasteiger partial charge >= 0.3 is 0 Å². The second-order valence-electron chi connectivity index (χ2n) is 5.24. The Hall–Kier alpha value is -1.02. The molecule has 0 radical (unpaired) electrons. The Balaban J connectivity index is 1.56. The van der Waals surface area contributed by atoms with Gasteiger partial charge in [-0.05, 0) is 36.0 Å². The van der Waals surface area contributed by atoms with E-state index in [9.17, 15) is 0 Å². The van der Waals surface area contributed by atoms with Crippen LogP contribution in [0.2, 0.25) is 0 Å². The fraction of sp³-hybridized carbons (Fsp3) is 0.538. The van der Waals surface area contributed by atoms with E-state index in [1.807, 2.05) is 12.1 Å². The summed E-state index contributed by atoms with van der Waals surface area (Å²) in [5, 5.41) is 0. The van der Waals surface area contributed by atoms with Gasteiger partial charge in [0.05, 0.1) is 0 Å². The first-order valence-corrected chi connectivity index (χ1v) is 5.83. The number of hydrogen-bond donors (Lipinski definition) is 1. The van der Waals surface area contributed by atoms with E-state index in [-0.39, 0.29) is 0 Å². The molecule has 0 bridgehead atoms. The Bertz CT molecular complexity index is 343. The van der Waals surface area contributed by atoms with Crippen LogP contribution >= 0.6 is 0 Å². The minimum atomic E-state index is 0.744. The van der Waals surface area contributed by atoms with Crippen LogP contribution in [0.4, 0.5) is 5.69 Å². The fourth-order valence-corrected chi connectivity index (χ4v) is 2.89. The molecular formula is C13H18N2. The molecule has 3 rings (SSSR count). The van der Waals surface area contributed by atoms with Crippen LogP contribution in [0.3, 0.4) is 0 Å². The van der Waals surface area contributed by atoms with Gasteiger partial charge < -0.3 is 5.73 Å². The molecule has 1 aromatic rings. The first-order valence-electron chi connectivity index (χ1n) is 5.83. The number of benzene rings is 1. The normalized spacial score (nSPS) is 23.5. The second-order valence-corrected chi connectivity index (χ2v) is 5.24. The van der Waals surface area contributed by atoms with Gasteiger partial charge in [0.1, 0.15) is 0 Å². The zero-order valence-corrected chi connectivity index (χ0v) is 9.08. The van der Waals surface area contributed by atoms with Crippen molar-refractivity contribution in [1.29, 1.82) is 0 Å². The Kier molecular flexibility index (Phi) is 1.99. The highest BCUT2D eigenvalue weighted by Crippen LogP contribution is 2.48. The molecule has 1 aromatic carbocycles.